The molecule has 102 valence electrons. The molecule has 0 aliphatic carbocycles. The molecule has 0 bridgehead atoms. The smallest absolute Gasteiger partial charge is 0.133 e. The van der Waals surface area contributed by atoms with E-state index in [0.29, 0.717) is 13.2 Å². The van der Waals surface area contributed by atoms with E-state index in [-0.39, 0.29) is 6.61 Å². The topological polar surface area (TPSA) is 58.5 Å². The molecule has 0 aliphatic rings. The van der Waals surface area contributed by atoms with Gasteiger partial charge in [-0.1, -0.05) is 6.92 Å². The molecule has 0 saturated carbocycles. The van der Waals surface area contributed by atoms with Crippen LogP contribution < -0.4 is 4.90 Å². The zero-order valence-electron chi connectivity index (χ0n) is 10.9. The summed E-state index contributed by atoms with van der Waals surface area (Å²) in [7, 11) is 0. The van der Waals surface area contributed by atoms with Crippen molar-refractivity contribution in [3.05, 3.63) is 16.5 Å². The molecule has 0 aromatic carbocycles. The highest BCUT2D eigenvalue weighted by atomic mass is 79.9. The first-order valence-electron chi connectivity index (χ1n) is 6.18. The van der Waals surface area contributed by atoms with Gasteiger partial charge in [-0.25, -0.2) is 9.97 Å². The van der Waals surface area contributed by atoms with E-state index in [4.69, 9.17) is 9.84 Å². The van der Waals surface area contributed by atoms with E-state index >= 15 is 0 Å². The molecule has 1 N–H and O–H groups in total. The number of likely N-dealkylation sites (N-methyl/N-ethyl adjacent to an activating group) is 1. The quantitative estimate of drug-likeness (QED) is 0.583. The van der Waals surface area contributed by atoms with E-state index in [0.717, 1.165) is 35.8 Å². The molecule has 0 fully saturated rings. The molecule has 1 aromatic heterocycles. The predicted octanol–water partition coefficient (Wildman–Crippen LogP) is 1.64. The molecule has 1 heterocycles. The SMILES string of the molecule is CCc1nc(Br)cc(N(CC)CCOCCO)n1. The van der Waals surface area contributed by atoms with E-state index in [2.05, 4.69) is 37.7 Å². The molecular formula is C12H20BrN3O2. The lowest BCUT2D eigenvalue weighted by Gasteiger charge is -2.22. The van der Waals surface area contributed by atoms with Gasteiger partial charge in [0.15, 0.2) is 0 Å². The van der Waals surface area contributed by atoms with Crippen LogP contribution in [-0.4, -0.2) is 48.0 Å². The molecule has 0 spiro atoms. The minimum Gasteiger partial charge on any atom is -0.394 e. The lowest BCUT2D eigenvalue weighted by atomic mass is 10.4. The Morgan fingerprint density at radius 1 is 1.33 bits per heavy atom. The van der Waals surface area contributed by atoms with E-state index in [9.17, 15) is 0 Å². The second-order valence-electron chi connectivity index (χ2n) is 3.73. The highest BCUT2D eigenvalue weighted by molar-refractivity contribution is 9.10. The predicted molar refractivity (Wildman–Crippen MR) is 74.9 cm³/mol. The number of aliphatic hydroxyl groups excluding tert-OH is 1. The first kappa shape index (κ1) is 15.3. The second kappa shape index (κ2) is 8.39. The van der Waals surface area contributed by atoms with Gasteiger partial charge in [0.2, 0.25) is 0 Å². The van der Waals surface area contributed by atoms with Crippen LogP contribution in [0.4, 0.5) is 5.82 Å². The molecule has 0 saturated heterocycles. The zero-order valence-corrected chi connectivity index (χ0v) is 12.5. The Hall–Kier alpha value is -0.720. The Balaban J connectivity index is 2.65. The van der Waals surface area contributed by atoms with Crippen LogP contribution in [0.1, 0.15) is 19.7 Å². The van der Waals surface area contributed by atoms with Crippen LogP contribution in [0.3, 0.4) is 0 Å². The summed E-state index contributed by atoms with van der Waals surface area (Å²) >= 11 is 3.40. The van der Waals surface area contributed by atoms with Gasteiger partial charge in [0, 0.05) is 25.6 Å². The van der Waals surface area contributed by atoms with Crippen LogP contribution in [0.2, 0.25) is 0 Å². The first-order valence-corrected chi connectivity index (χ1v) is 6.97. The zero-order chi connectivity index (χ0) is 13.4. The van der Waals surface area contributed by atoms with Gasteiger partial charge in [0.05, 0.1) is 19.8 Å². The fourth-order valence-corrected chi connectivity index (χ4v) is 1.96. The Morgan fingerprint density at radius 3 is 2.72 bits per heavy atom. The fourth-order valence-electron chi connectivity index (χ4n) is 1.55. The third-order valence-electron chi connectivity index (χ3n) is 2.49. The van der Waals surface area contributed by atoms with Gasteiger partial charge in [-0.2, -0.15) is 0 Å². The van der Waals surface area contributed by atoms with Crippen LogP contribution in [0, 0.1) is 0 Å². The largest absolute Gasteiger partial charge is 0.394 e. The standard InChI is InChI=1S/C12H20BrN3O2/c1-3-11-14-10(13)9-12(15-11)16(4-2)5-7-18-8-6-17/h9,17H,3-8H2,1-2H3. The van der Waals surface area contributed by atoms with Gasteiger partial charge in [-0.05, 0) is 22.9 Å². The summed E-state index contributed by atoms with van der Waals surface area (Å²) in [4.78, 5) is 10.9. The van der Waals surface area contributed by atoms with Gasteiger partial charge in [-0.3, -0.25) is 0 Å². The number of hydrogen-bond acceptors (Lipinski definition) is 5. The van der Waals surface area contributed by atoms with Gasteiger partial charge >= 0.3 is 0 Å². The van der Waals surface area contributed by atoms with E-state index in [1.54, 1.807) is 0 Å². The summed E-state index contributed by atoms with van der Waals surface area (Å²) in [5, 5.41) is 8.64. The van der Waals surface area contributed by atoms with Crippen LogP contribution in [-0.2, 0) is 11.2 Å². The number of aliphatic hydroxyl groups is 1. The lowest BCUT2D eigenvalue weighted by molar-refractivity contribution is 0.0967. The maximum absolute atomic E-state index is 8.64. The van der Waals surface area contributed by atoms with Crippen LogP contribution in [0.5, 0.6) is 0 Å². The van der Waals surface area contributed by atoms with Crippen molar-refractivity contribution in [3.63, 3.8) is 0 Å². The number of ether oxygens (including phenoxy) is 1. The Labute approximate surface area is 116 Å². The highest BCUT2D eigenvalue weighted by Crippen LogP contribution is 2.16. The molecule has 0 radical (unpaired) electrons. The lowest BCUT2D eigenvalue weighted by Crippen LogP contribution is -2.28. The van der Waals surface area contributed by atoms with Crippen LogP contribution in [0.25, 0.3) is 0 Å². The minimum atomic E-state index is 0.0607. The summed E-state index contributed by atoms with van der Waals surface area (Å²) in [6.45, 7) is 6.74. The minimum absolute atomic E-state index is 0.0607. The van der Waals surface area contributed by atoms with Crippen molar-refractivity contribution in [2.45, 2.75) is 20.3 Å². The van der Waals surface area contributed by atoms with Crippen LogP contribution >= 0.6 is 15.9 Å². The van der Waals surface area contributed by atoms with Crippen molar-refractivity contribution in [1.29, 1.82) is 0 Å². The maximum atomic E-state index is 8.64. The normalized spacial score (nSPS) is 10.7. The summed E-state index contributed by atoms with van der Waals surface area (Å²) in [5.74, 6) is 1.73. The number of aryl methyl sites for hydroxylation is 1. The molecule has 1 rings (SSSR count). The van der Waals surface area contributed by atoms with Gasteiger partial charge in [0.25, 0.3) is 0 Å². The second-order valence-corrected chi connectivity index (χ2v) is 4.55. The molecule has 5 nitrogen and oxygen atoms in total. The first-order chi connectivity index (χ1) is 8.71. The average Bonchev–Trinajstić information content (AvgIpc) is 2.38. The average molecular weight is 318 g/mol. The van der Waals surface area contributed by atoms with Crippen molar-refractivity contribution in [2.24, 2.45) is 0 Å². The van der Waals surface area contributed by atoms with Crippen molar-refractivity contribution >= 4 is 21.7 Å². The number of anilines is 1. The summed E-state index contributed by atoms with van der Waals surface area (Å²) in [6, 6.07) is 1.91. The molecule has 0 aliphatic heterocycles. The number of halogens is 1. The molecular weight excluding hydrogens is 298 g/mol. The van der Waals surface area contributed by atoms with Crippen LogP contribution in [0.15, 0.2) is 10.7 Å². The number of aromatic nitrogens is 2. The van der Waals surface area contributed by atoms with Crippen molar-refractivity contribution in [1.82, 2.24) is 9.97 Å². The molecule has 6 heteroatoms. The van der Waals surface area contributed by atoms with E-state index in [1.807, 2.05) is 13.0 Å². The van der Waals surface area contributed by atoms with Crippen molar-refractivity contribution < 1.29 is 9.84 Å². The number of hydrogen-bond donors (Lipinski definition) is 1. The Morgan fingerprint density at radius 2 is 2.11 bits per heavy atom. The molecule has 18 heavy (non-hydrogen) atoms. The van der Waals surface area contributed by atoms with Gasteiger partial charge in [0.1, 0.15) is 16.2 Å². The molecule has 0 atom stereocenters. The van der Waals surface area contributed by atoms with E-state index in [1.165, 1.54) is 0 Å². The van der Waals surface area contributed by atoms with Gasteiger partial charge in [-0.15, -0.1) is 0 Å². The van der Waals surface area contributed by atoms with E-state index < -0.39 is 0 Å². The Kier molecular flexibility index (Phi) is 7.15. The monoisotopic (exact) mass is 317 g/mol. The summed E-state index contributed by atoms with van der Waals surface area (Å²) < 4.78 is 6.08. The summed E-state index contributed by atoms with van der Waals surface area (Å²) in [6.07, 6.45) is 0.811. The van der Waals surface area contributed by atoms with Gasteiger partial charge < -0.3 is 14.7 Å². The third-order valence-corrected chi connectivity index (χ3v) is 2.90. The number of rotatable bonds is 8. The Bertz CT molecular complexity index is 363. The fraction of sp³-hybridized carbons (Fsp3) is 0.667. The molecule has 0 amide bonds. The van der Waals surface area contributed by atoms with Crippen molar-refractivity contribution in [2.75, 3.05) is 37.8 Å². The molecule has 0 unspecified atom stereocenters. The number of nitrogens with zero attached hydrogens (tertiary/aromatic N) is 3. The third kappa shape index (κ3) is 4.88. The van der Waals surface area contributed by atoms with Crippen molar-refractivity contribution in [3.8, 4) is 0 Å². The maximum Gasteiger partial charge on any atom is 0.133 e. The summed E-state index contributed by atoms with van der Waals surface area (Å²) in [5.41, 5.74) is 0. The molecule has 1 aromatic rings. The highest BCUT2D eigenvalue weighted by Gasteiger charge is 2.08.